The molecule has 2 fully saturated rings. The topological polar surface area (TPSA) is 96.2 Å². The van der Waals surface area contributed by atoms with Crippen molar-refractivity contribution in [3.05, 3.63) is 17.2 Å². The van der Waals surface area contributed by atoms with Crippen molar-refractivity contribution in [2.75, 3.05) is 6.54 Å². The summed E-state index contributed by atoms with van der Waals surface area (Å²) < 4.78 is 2.29. The zero-order chi connectivity index (χ0) is 19.7. The van der Waals surface area contributed by atoms with Crippen molar-refractivity contribution < 1.29 is 14.7 Å². The number of aromatic nitrogens is 2. The zero-order valence-electron chi connectivity index (χ0n) is 16.7. The summed E-state index contributed by atoms with van der Waals surface area (Å²) in [6, 6.07) is 0.148. The molecule has 7 heteroatoms. The number of carboxylic acid groups (broad SMARTS) is 1. The van der Waals surface area contributed by atoms with E-state index in [1.807, 2.05) is 0 Å². The van der Waals surface area contributed by atoms with Gasteiger partial charge in [0.05, 0.1) is 11.6 Å². The lowest BCUT2D eigenvalue weighted by Gasteiger charge is -2.31. The lowest BCUT2D eigenvalue weighted by atomic mass is 9.80. The maximum atomic E-state index is 12.7. The Morgan fingerprint density at radius 3 is 2.39 bits per heavy atom. The number of hydrogen-bond donors (Lipinski definition) is 3. The van der Waals surface area contributed by atoms with Crippen LogP contribution in [0.3, 0.4) is 0 Å². The third-order valence-electron chi connectivity index (χ3n) is 7.05. The molecule has 0 saturated heterocycles. The summed E-state index contributed by atoms with van der Waals surface area (Å²) in [6.07, 6.45) is 7.81. The summed E-state index contributed by atoms with van der Waals surface area (Å²) in [5.41, 5.74) is 2.56. The molecule has 1 amide bonds. The molecule has 2 heterocycles. The standard InChI is InChI=1S/C21H32N4O3/c1-25-18-10-11-22-12-17(18)24-19(25)13-2-4-14(5-3-13)20(26)23-16-8-6-15(7-9-16)21(27)28/h13-16,22H,2-12H2,1H3,(H,23,26)(H,27,28)/t13?,14?,15-,16-. The molecule has 28 heavy (non-hydrogen) atoms. The van der Waals surface area contributed by atoms with E-state index >= 15 is 0 Å². The number of nitrogens with one attached hydrogen (secondary N) is 2. The number of carbonyl (C=O) groups is 2. The van der Waals surface area contributed by atoms with Crippen LogP contribution in [0.2, 0.25) is 0 Å². The van der Waals surface area contributed by atoms with E-state index in [1.165, 1.54) is 17.2 Å². The fraction of sp³-hybridized carbons (Fsp3) is 0.762. The Morgan fingerprint density at radius 1 is 1.07 bits per heavy atom. The first-order chi connectivity index (χ1) is 13.5. The molecular formula is C21H32N4O3. The summed E-state index contributed by atoms with van der Waals surface area (Å²) in [5, 5.41) is 15.7. The molecule has 0 bridgehead atoms. The maximum absolute atomic E-state index is 12.7. The number of aliphatic carboxylic acids is 1. The van der Waals surface area contributed by atoms with Crippen molar-refractivity contribution in [1.29, 1.82) is 0 Å². The van der Waals surface area contributed by atoms with Crippen LogP contribution < -0.4 is 10.6 Å². The number of amides is 1. The minimum atomic E-state index is -0.699. The average Bonchev–Trinajstić information content (AvgIpc) is 3.05. The number of imidazole rings is 1. The van der Waals surface area contributed by atoms with Crippen LogP contribution in [0.5, 0.6) is 0 Å². The summed E-state index contributed by atoms with van der Waals surface area (Å²) in [6.45, 7) is 1.89. The van der Waals surface area contributed by atoms with Crippen LogP contribution in [0.25, 0.3) is 0 Å². The molecule has 7 nitrogen and oxygen atoms in total. The van der Waals surface area contributed by atoms with E-state index < -0.39 is 5.97 Å². The molecule has 3 N–H and O–H groups in total. The van der Waals surface area contributed by atoms with Gasteiger partial charge in [-0.15, -0.1) is 0 Å². The van der Waals surface area contributed by atoms with E-state index in [0.29, 0.717) is 18.8 Å². The second kappa shape index (κ2) is 8.23. The first-order valence-electron chi connectivity index (χ1n) is 10.8. The van der Waals surface area contributed by atoms with Gasteiger partial charge in [-0.05, 0) is 51.4 Å². The zero-order valence-corrected chi connectivity index (χ0v) is 16.7. The van der Waals surface area contributed by atoms with Crippen molar-refractivity contribution >= 4 is 11.9 Å². The normalized spacial score (nSPS) is 30.5. The number of fused-ring (bicyclic) bond motifs is 1. The Morgan fingerprint density at radius 2 is 1.75 bits per heavy atom. The Labute approximate surface area is 166 Å². The third kappa shape index (κ3) is 3.95. The van der Waals surface area contributed by atoms with Gasteiger partial charge in [0.15, 0.2) is 0 Å². The van der Waals surface area contributed by atoms with Crippen LogP contribution in [0.4, 0.5) is 0 Å². The molecule has 0 spiro atoms. The molecule has 0 radical (unpaired) electrons. The molecule has 0 unspecified atom stereocenters. The van der Waals surface area contributed by atoms with E-state index in [0.717, 1.165) is 58.0 Å². The van der Waals surface area contributed by atoms with Crippen molar-refractivity contribution in [3.63, 3.8) is 0 Å². The van der Waals surface area contributed by atoms with Crippen LogP contribution in [0, 0.1) is 11.8 Å². The first-order valence-corrected chi connectivity index (χ1v) is 10.8. The smallest absolute Gasteiger partial charge is 0.306 e. The number of hydrogen-bond acceptors (Lipinski definition) is 4. The largest absolute Gasteiger partial charge is 0.481 e. The second-order valence-corrected chi connectivity index (χ2v) is 8.79. The van der Waals surface area contributed by atoms with Gasteiger partial charge in [-0.2, -0.15) is 0 Å². The van der Waals surface area contributed by atoms with E-state index in [1.54, 1.807) is 0 Å². The van der Waals surface area contributed by atoms with Gasteiger partial charge in [0.1, 0.15) is 5.82 Å². The highest BCUT2D eigenvalue weighted by Crippen LogP contribution is 2.36. The Hall–Kier alpha value is -1.89. The summed E-state index contributed by atoms with van der Waals surface area (Å²) >= 11 is 0. The predicted molar refractivity (Wildman–Crippen MR) is 105 cm³/mol. The monoisotopic (exact) mass is 388 g/mol. The summed E-state index contributed by atoms with van der Waals surface area (Å²) in [4.78, 5) is 28.7. The van der Waals surface area contributed by atoms with Crippen molar-refractivity contribution in [2.24, 2.45) is 18.9 Å². The quantitative estimate of drug-likeness (QED) is 0.734. The Kier molecular flexibility index (Phi) is 5.71. The lowest BCUT2D eigenvalue weighted by Crippen LogP contribution is -2.42. The average molecular weight is 389 g/mol. The van der Waals surface area contributed by atoms with Crippen LogP contribution in [0.15, 0.2) is 0 Å². The van der Waals surface area contributed by atoms with Crippen LogP contribution >= 0.6 is 0 Å². The molecular weight excluding hydrogens is 356 g/mol. The van der Waals surface area contributed by atoms with E-state index in [2.05, 4.69) is 22.2 Å². The van der Waals surface area contributed by atoms with Crippen LogP contribution in [-0.2, 0) is 29.6 Å². The number of nitrogens with zero attached hydrogens (tertiary/aromatic N) is 2. The highest BCUT2D eigenvalue weighted by atomic mass is 16.4. The molecule has 0 aromatic carbocycles. The molecule has 4 rings (SSSR count). The molecule has 1 aromatic rings. The van der Waals surface area contributed by atoms with Gasteiger partial charge in [-0.3, -0.25) is 9.59 Å². The summed E-state index contributed by atoms with van der Waals surface area (Å²) in [5.74, 6) is 0.966. The number of carboxylic acids is 1. The van der Waals surface area contributed by atoms with Crippen molar-refractivity contribution in [2.45, 2.75) is 76.3 Å². The van der Waals surface area contributed by atoms with Crippen LogP contribution in [0.1, 0.15) is 74.5 Å². The Balaban J connectivity index is 1.28. The van der Waals surface area contributed by atoms with Gasteiger partial charge in [0, 0.05) is 50.1 Å². The van der Waals surface area contributed by atoms with Crippen LogP contribution in [-0.4, -0.2) is 39.1 Å². The fourth-order valence-corrected chi connectivity index (χ4v) is 5.26. The molecule has 2 aliphatic carbocycles. The number of rotatable bonds is 4. The summed E-state index contributed by atoms with van der Waals surface area (Å²) in [7, 11) is 2.14. The molecule has 3 aliphatic rings. The van der Waals surface area contributed by atoms with E-state index in [-0.39, 0.29) is 23.8 Å². The Bertz CT molecular complexity index is 728. The van der Waals surface area contributed by atoms with E-state index in [9.17, 15) is 9.59 Å². The predicted octanol–water partition coefficient (Wildman–Crippen LogP) is 2.10. The lowest BCUT2D eigenvalue weighted by molar-refractivity contribution is -0.142. The maximum Gasteiger partial charge on any atom is 0.306 e. The van der Waals surface area contributed by atoms with Gasteiger partial charge in [0.25, 0.3) is 0 Å². The number of carbonyl (C=O) groups excluding carboxylic acids is 1. The second-order valence-electron chi connectivity index (χ2n) is 8.79. The molecule has 1 aromatic heterocycles. The van der Waals surface area contributed by atoms with Gasteiger partial charge in [-0.1, -0.05) is 0 Å². The van der Waals surface area contributed by atoms with E-state index in [4.69, 9.17) is 10.1 Å². The van der Waals surface area contributed by atoms with Crippen molar-refractivity contribution in [1.82, 2.24) is 20.2 Å². The van der Waals surface area contributed by atoms with Gasteiger partial charge < -0.3 is 20.3 Å². The molecule has 154 valence electrons. The molecule has 2 saturated carbocycles. The first kappa shape index (κ1) is 19.4. The van der Waals surface area contributed by atoms with Gasteiger partial charge >= 0.3 is 5.97 Å². The minimum Gasteiger partial charge on any atom is -0.481 e. The minimum absolute atomic E-state index is 0.0880. The van der Waals surface area contributed by atoms with Gasteiger partial charge in [0.2, 0.25) is 5.91 Å². The molecule has 1 aliphatic heterocycles. The highest BCUT2D eigenvalue weighted by molar-refractivity contribution is 5.79. The molecule has 0 atom stereocenters. The van der Waals surface area contributed by atoms with Crippen molar-refractivity contribution in [3.8, 4) is 0 Å². The van der Waals surface area contributed by atoms with Gasteiger partial charge in [-0.25, -0.2) is 4.98 Å². The fourth-order valence-electron chi connectivity index (χ4n) is 5.26. The SMILES string of the molecule is Cn1c(C2CCC(C(=O)N[C@H]3CC[C@H](C(=O)O)CC3)CC2)nc2c1CCNC2. The highest BCUT2D eigenvalue weighted by Gasteiger charge is 2.32. The third-order valence-corrected chi connectivity index (χ3v) is 7.05.